The van der Waals surface area contributed by atoms with Crippen LogP contribution in [-0.4, -0.2) is 53.8 Å². The molecule has 0 aromatic heterocycles. The molecule has 6 nitrogen and oxygen atoms in total. The zero-order valence-corrected chi connectivity index (χ0v) is 12.4. The molecule has 0 aliphatic rings. The summed E-state index contributed by atoms with van der Waals surface area (Å²) in [5, 5.41) is 11.8. The zero-order chi connectivity index (χ0) is 14.9. The zero-order valence-electron chi connectivity index (χ0n) is 12.4. The molecule has 1 unspecified atom stereocenters. The van der Waals surface area contributed by atoms with Gasteiger partial charge in [-0.05, 0) is 27.2 Å². The Hall–Kier alpha value is -1.30. The van der Waals surface area contributed by atoms with Crippen molar-refractivity contribution >= 4 is 12.0 Å². The fourth-order valence-corrected chi connectivity index (χ4v) is 1.76. The lowest BCUT2D eigenvalue weighted by atomic mass is 9.96. The minimum Gasteiger partial charge on any atom is -0.480 e. The van der Waals surface area contributed by atoms with Crippen LogP contribution in [0.25, 0.3) is 0 Å². The number of urea groups is 1. The molecule has 0 spiro atoms. The van der Waals surface area contributed by atoms with E-state index in [-0.39, 0.29) is 6.03 Å². The minimum atomic E-state index is -1.22. The third-order valence-corrected chi connectivity index (χ3v) is 2.98. The number of carboxylic acids is 1. The van der Waals surface area contributed by atoms with Crippen molar-refractivity contribution in [2.24, 2.45) is 0 Å². The van der Waals surface area contributed by atoms with Gasteiger partial charge in [0.1, 0.15) is 5.54 Å². The second-order valence-electron chi connectivity index (χ2n) is 4.59. The number of hydrogen-bond donors (Lipinski definition) is 2. The average Bonchev–Trinajstić information content (AvgIpc) is 2.34. The summed E-state index contributed by atoms with van der Waals surface area (Å²) in [6.45, 7) is 9.19. The number of carbonyl (C=O) groups is 2. The van der Waals surface area contributed by atoms with Crippen molar-refractivity contribution in [3.8, 4) is 0 Å². The Morgan fingerprint density at radius 3 is 2.37 bits per heavy atom. The number of carbonyl (C=O) groups excluding carboxylic acids is 1. The van der Waals surface area contributed by atoms with Crippen molar-refractivity contribution in [3.05, 3.63) is 0 Å². The van der Waals surface area contributed by atoms with Gasteiger partial charge in [-0.15, -0.1) is 0 Å². The fourth-order valence-electron chi connectivity index (χ4n) is 1.76. The number of likely N-dealkylation sites (N-methyl/N-ethyl adjacent to an activating group) is 1. The van der Waals surface area contributed by atoms with Crippen LogP contribution in [0.15, 0.2) is 0 Å². The molecule has 0 radical (unpaired) electrons. The van der Waals surface area contributed by atoms with Gasteiger partial charge in [-0.3, -0.25) is 0 Å². The van der Waals surface area contributed by atoms with E-state index in [0.29, 0.717) is 39.1 Å². The van der Waals surface area contributed by atoms with E-state index in [0.717, 1.165) is 0 Å². The normalized spacial score (nSPS) is 13.7. The third kappa shape index (κ3) is 5.92. The molecular formula is C13H26N2O4. The van der Waals surface area contributed by atoms with Crippen molar-refractivity contribution in [3.63, 3.8) is 0 Å². The Bertz CT molecular complexity index is 296. The fraction of sp³-hybridized carbons (Fsp3) is 0.846. The van der Waals surface area contributed by atoms with Crippen molar-refractivity contribution in [1.82, 2.24) is 10.2 Å². The van der Waals surface area contributed by atoms with Crippen molar-refractivity contribution in [2.45, 2.75) is 46.1 Å². The maximum absolute atomic E-state index is 12.1. The lowest BCUT2D eigenvalue weighted by Crippen LogP contribution is -2.56. The summed E-state index contributed by atoms with van der Waals surface area (Å²) < 4.78 is 5.20. The van der Waals surface area contributed by atoms with Crippen molar-refractivity contribution in [1.29, 1.82) is 0 Å². The van der Waals surface area contributed by atoms with Gasteiger partial charge >= 0.3 is 12.0 Å². The van der Waals surface area contributed by atoms with Crippen molar-refractivity contribution in [2.75, 3.05) is 26.3 Å². The van der Waals surface area contributed by atoms with Gasteiger partial charge in [-0.1, -0.05) is 13.3 Å². The Morgan fingerprint density at radius 2 is 1.95 bits per heavy atom. The predicted octanol–water partition coefficient (Wildman–Crippen LogP) is 1.70. The first-order chi connectivity index (χ1) is 8.91. The second-order valence-corrected chi connectivity index (χ2v) is 4.59. The maximum atomic E-state index is 12.1. The number of ether oxygens (including phenoxy) is 1. The molecule has 6 heteroatoms. The van der Waals surface area contributed by atoms with Gasteiger partial charge in [-0.25, -0.2) is 9.59 Å². The summed E-state index contributed by atoms with van der Waals surface area (Å²) in [7, 11) is 0. The van der Waals surface area contributed by atoms with Gasteiger partial charge < -0.3 is 20.1 Å². The molecule has 2 N–H and O–H groups in total. The number of amides is 2. The summed E-state index contributed by atoms with van der Waals surface area (Å²) >= 11 is 0. The molecule has 1 atom stereocenters. The van der Waals surface area contributed by atoms with Crippen molar-refractivity contribution < 1.29 is 19.4 Å². The van der Waals surface area contributed by atoms with Crippen LogP contribution in [0, 0.1) is 0 Å². The van der Waals surface area contributed by atoms with E-state index < -0.39 is 11.5 Å². The van der Waals surface area contributed by atoms with Gasteiger partial charge in [0.25, 0.3) is 0 Å². The molecule has 0 saturated heterocycles. The van der Waals surface area contributed by atoms with Gasteiger partial charge in [0.2, 0.25) is 0 Å². The van der Waals surface area contributed by atoms with E-state index in [1.807, 2.05) is 20.8 Å². The van der Waals surface area contributed by atoms with E-state index >= 15 is 0 Å². The maximum Gasteiger partial charge on any atom is 0.329 e. The molecule has 0 rings (SSSR count). The molecule has 0 fully saturated rings. The van der Waals surface area contributed by atoms with E-state index in [4.69, 9.17) is 4.74 Å². The first-order valence-electron chi connectivity index (χ1n) is 6.79. The number of hydrogen-bond acceptors (Lipinski definition) is 3. The van der Waals surface area contributed by atoms with Gasteiger partial charge in [0, 0.05) is 19.7 Å². The van der Waals surface area contributed by atoms with E-state index in [1.54, 1.807) is 4.90 Å². The lowest BCUT2D eigenvalue weighted by Gasteiger charge is -2.30. The summed E-state index contributed by atoms with van der Waals surface area (Å²) in [6, 6.07) is -0.361. The molecule has 0 heterocycles. The quantitative estimate of drug-likeness (QED) is 0.627. The van der Waals surface area contributed by atoms with Crippen LogP contribution in [0.2, 0.25) is 0 Å². The van der Waals surface area contributed by atoms with Crippen LogP contribution in [0.5, 0.6) is 0 Å². The molecule has 0 aliphatic heterocycles. The molecule has 112 valence electrons. The number of carboxylic acid groups (broad SMARTS) is 1. The molecule has 0 saturated carbocycles. The highest BCUT2D eigenvalue weighted by Crippen LogP contribution is 2.13. The van der Waals surface area contributed by atoms with Crippen LogP contribution >= 0.6 is 0 Å². The highest BCUT2D eigenvalue weighted by atomic mass is 16.5. The molecule has 0 bridgehead atoms. The number of rotatable bonds is 9. The van der Waals surface area contributed by atoms with Crippen LogP contribution in [-0.2, 0) is 9.53 Å². The Kier molecular flexibility index (Phi) is 8.14. The molecule has 19 heavy (non-hydrogen) atoms. The first kappa shape index (κ1) is 17.7. The number of aliphatic carboxylic acids is 1. The van der Waals surface area contributed by atoms with Gasteiger partial charge in [-0.2, -0.15) is 0 Å². The van der Waals surface area contributed by atoms with Crippen LogP contribution < -0.4 is 5.32 Å². The SMILES string of the molecule is CCCC(C)(NC(=O)N(CC)CCOCC)C(=O)O. The summed E-state index contributed by atoms with van der Waals surface area (Å²) in [5.41, 5.74) is -1.22. The Balaban J connectivity index is 4.55. The van der Waals surface area contributed by atoms with Gasteiger partial charge in [0.05, 0.1) is 6.61 Å². The average molecular weight is 274 g/mol. The monoisotopic (exact) mass is 274 g/mol. The van der Waals surface area contributed by atoms with Gasteiger partial charge in [0.15, 0.2) is 0 Å². The van der Waals surface area contributed by atoms with E-state index in [1.165, 1.54) is 6.92 Å². The van der Waals surface area contributed by atoms with E-state index in [2.05, 4.69) is 5.32 Å². The standard InChI is InChI=1S/C13H26N2O4/c1-5-8-13(4,11(16)17)14-12(18)15(6-2)9-10-19-7-3/h5-10H2,1-4H3,(H,14,18)(H,16,17). The highest BCUT2D eigenvalue weighted by molar-refractivity contribution is 5.85. The largest absolute Gasteiger partial charge is 0.480 e. The number of nitrogens with zero attached hydrogens (tertiary/aromatic N) is 1. The summed E-state index contributed by atoms with van der Waals surface area (Å²) in [4.78, 5) is 24.9. The highest BCUT2D eigenvalue weighted by Gasteiger charge is 2.34. The number of nitrogens with one attached hydrogen (secondary N) is 1. The summed E-state index contributed by atoms with van der Waals surface area (Å²) in [6.07, 6.45) is 1.09. The van der Waals surface area contributed by atoms with Crippen LogP contribution in [0.1, 0.15) is 40.5 Å². The molecular weight excluding hydrogens is 248 g/mol. The third-order valence-electron chi connectivity index (χ3n) is 2.98. The van der Waals surface area contributed by atoms with Crippen LogP contribution in [0.3, 0.4) is 0 Å². The topological polar surface area (TPSA) is 78.9 Å². The lowest BCUT2D eigenvalue weighted by molar-refractivity contribution is -0.144. The second kappa shape index (κ2) is 8.74. The predicted molar refractivity (Wildman–Crippen MR) is 73.2 cm³/mol. The smallest absolute Gasteiger partial charge is 0.329 e. The molecule has 2 amide bonds. The first-order valence-corrected chi connectivity index (χ1v) is 6.79. The molecule has 0 aromatic carbocycles. The summed E-state index contributed by atoms with van der Waals surface area (Å²) in [5.74, 6) is -1.01. The van der Waals surface area contributed by atoms with Crippen LogP contribution in [0.4, 0.5) is 4.79 Å². The van der Waals surface area contributed by atoms with E-state index in [9.17, 15) is 14.7 Å². The minimum absolute atomic E-state index is 0.361. The Morgan fingerprint density at radius 1 is 1.32 bits per heavy atom. The molecule has 0 aromatic rings. The Labute approximate surface area is 115 Å². The molecule has 0 aliphatic carbocycles.